The number of fused-ring (bicyclic) bond motifs is 1. The second kappa shape index (κ2) is 9.94. The highest BCUT2D eigenvalue weighted by Gasteiger charge is 2.53. The number of carbonyl (C=O) groups excluding carboxylic acids is 1. The molecule has 4 aliphatic rings. The molecule has 2 atom stereocenters. The van der Waals surface area contributed by atoms with Crippen molar-refractivity contribution < 1.29 is 9.63 Å². The number of nitrogens with zero attached hydrogens (tertiary/aromatic N) is 5. The van der Waals surface area contributed by atoms with Crippen molar-refractivity contribution in [2.24, 2.45) is 17.8 Å². The van der Waals surface area contributed by atoms with Crippen LogP contribution >= 0.6 is 11.3 Å². The first kappa shape index (κ1) is 26.1. The van der Waals surface area contributed by atoms with E-state index in [2.05, 4.69) is 48.4 Å². The molecule has 3 saturated carbocycles. The number of nitrogens with one attached hydrogen (secondary N) is 3. The predicted molar refractivity (Wildman–Crippen MR) is 154 cm³/mol. The maximum atomic E-state index is 11.8. The fourth-order valence-corrected chi connectivity index (χ4v) is 7.86. The molecule has 1 aliphatic heterocycles. The molecule has 40 heavy (non-hydrogen) atoms. The van der Waals surface area contributed by atoms with Gasteiger partial charge < -0.3 is 14.7 Å². The van der Waals surface area contributed by atoms with Crippen LogP contribution in [-0.2, 0) is 16.8 Å². The third-order valence-corrected chi connectivity index (χ3v) is 10.6. The molecule has 214 valence electrons. The molecule has 0 bridgehead atoms. The van der Waals surface area contributed by atoms with Gasteiger partial charge in [0.15, 0.2) is 23.5 Å². The normalized spacial score (nSPS) is 26.8. The summed E-state index contributed by atoms with van der Waals surface area (Å²) in [7, 11) is 0. The topological polar surface area (TPSA) is 119 Å². The maximum Gasteiger partial charge on any atom is 0.427 e. The SMILES string of the molecule is Cc1nc(C2(c3nc4nc(C5NOC(=O)N5)nc(N[C@H](C)C5CCC5)c4n3CC3CCC(C)CC3)CC2)c(C)s1. The van der Waals surface area contributed by atoms with Gasteiger partial charge in [0.1, 0.15) is 11.3 Å². The summed E-state index contributed by atoms with van der Waals surface area (Å²) in [5.74, 6) is 4.35. The molecule has 3 N–H and O–H groups in total. The van der Waals surface area contributed by atoms with E-state index in [0.29, 0.717) is 23.3 Å². The van der Waals surface area contributed by atoms with E-state index >= 15 is 0 Å². The molecule has 3 aliphatic carbocycles. The van der Waals surface area contributed by atoms with E-state index in [0.717, 1.165) is 47.5 Å². The summed E-state index contributed by atoms with van der Waals surface area (Å²) in [5, 5.41) is 7.64. The fourth-order valence-electron chi connectivity index (χ4n) is 6.94. The van der Waals surface area contributed by atoms with Gasteiger partial charge in [0.2, 0.25) is 0 Å². The second-order valence-electron chi connectivity index (χ2n) is 12.7. The largest absolute Gasteiger partial charge is 0.427 e. The van der Waals surface area contributed by atoms with E-state index in [4.69, 9.17) is 24.8 Å². The minimum absolute atomic E-state index is 0.183. The van der Waals surface area contributed by atoms with Crippen molar-refractivity contribution in [1.29, 1.82) is 0 Å². The van der Waals surface area contributed by atoms with Gasteiger partial charge in [0.25, 0.3) is 0 Å². The zero-order valence-electron chi connectivity index (χ0n) is 23.9. The van der Waals surface area contributed by atoms with Gasteiger partial charge in [0, 0.05) is 17.5 Å². The number of rotatable bonds is 8. The molecule has 1 unspecified atom stereocenters. The van der Waals surface area contributed by atoms with Crippen LogP contribution in [0.2, 0.25) is 0 Å². The number of carbonyl (C=O) groups is 1. The van der Waals surface area contributed by atoms with Crippen LogP contribution in [0.5, 0.6) is 0 Å². The van der Waals surface area contributed by atoms with E-state index in [9.17, 15) is 4.79 Å². The Balaban J connectivity index is 1.38. The molecule has 4 heterocycles. The van der Waals surface area contributed by atoms with Crippen molar-refractivity contribution in [2.45, 2.75) is 110 Å². The summed E-state index contributed by atoms with van der Waals surface area (Å²) in [6.07, 6.45) is 9.70. The van der Waals surface area contributed by atoms with Gasteiger partial charge >= 0.3 is 6.09 Å². The minimum atomic E-state index is -0.622. The van der Waals surface area contributed by atoms with Gasteiger partial charge in [-0.1, -0.05) is 26.2 Å². The molecule has 11 heteroatoms. The van der Waals surface area contributed by atoms with Crippen LogP contribution in [0.25, 0.3) is 11.2 Å². The number of imidazole rings is 1. The van der Waals surface area contributed by atoms with Crippen LogP contribution in [0.1, 0.15) is 105 Å². The number of thiazole rings is 1. The van der Waals surface area contributed by atoms with Gasteiger partial charge in [-0.25, -0.2) is 24.7 Å². The highest BCUT2D eigenvalue weighted by atomic mass is 32.1. The van der Waals surface area contributed by atoms with Gasteiger partial charge in [-0.2, -0.15) is 0 Å². The molecule has 4 fully saturated rings. The number of aromatic nitrogens is 5. The summed E-state index contributed by atoms with van der Waals surface area (Å²) >= 11 is 1.77. The molecule has 3 aromatic rings. The zero-order chi connectivity index (χ0) is 27.6. The van der Waals surface area contributed by atoms with Gasteiger partial charge in [-0.05, 0) is 77.0 Å². The first-order valence-electron chi connectivity index (χ1n) is 15.0. The Labute approximate surface area is 239 Å². The predicted octanol–water partition coefficient (Wildman–Crippen LogP) is 5.65. The molecule has 7 rings (SSSR count). The molecular formula is C29H40N8O2S. The van der Waals surface area contributed by atoms with E-state index in [1.807, 2.05) is 0 Å². The number of hydrogen-bond acceptors (Lipinski definition) is 9. The van der Waals surface area contributed by atoms with Crippen molar-refractivity contribution in [3.05, 3.63) is 27.2 Å². The Morgan fingerprint density at radius 2 is 1.88 bits per heavy atom. The third-order valence-electron chi connectivity index (χ3n) is 9.74. The van der Waals surface area contributed by atoms with Crippen LogP contribution in [0.15, 0.2) is 0 Å². The molecule has 0 spiro atoms. The first-order valence-corrected chi connectivity index (χ1v) is 15.8. The van der Waals surface area contributed by atoms with E-state index in [1.165, 1.54) is 55.5 Å². The fraction of sp³-hybridized carbons (Fsp3) is 0.690. The molecule has 3 aromatic heterocycles. The smallest absolute Gasteiger partial charge is 0.365 e. The Morgan fingerprint density at radius 1 is 1.10 bits per heavy atom. The van der Waals surface area contributed by atoms with Gasteiger partial charge in [0.05, 0.1) is 16.1 Å². The van der Waals surface area contributed by atoms with E-state index in [1.54, 1.807) is 11.3 Å². The zero-order valence-corrected chi connectivity index (χ0v) is 24.7. The average molecular weight is 565 g/mol. The first-order chi connectivity index (χ1) is 19.3. The number of hydrogen-bond donors (Lipinski definition) is 3. The minimum Gasteiger partial charge on any atom is -0.365 e. The number of amides is 1. The van der Waals surface area contributed by atoms with Crippen molar-refractivity contribution in [3.63, 3.8) is 0 Å². The lowest BCUT2D eigenvalue weighted by Gasteiger charge is -2.32. The molecule has 1 saturated heterocycles. The van der Waals surface area contributed by atoms with Crippen molar-refractivity contribution >= 4 is 34.4 Å². The third kappa shape index (κ3) is 4.55. The molecule has 0 aromatic carbocycles. The van der Waals surface area contributed by atoms with Crippen LogP contribution in [-0.4, -0.2) is 36.6 Å². The number of hydroxylamine groups is 1. The quantitative estimate of drug-likeness (QED) is 0.321. The van der Waals surface area contributed by atoms with E-state index < -0.39 is 12.3 Å². The Hall–Kier alpha value is -2.79. The summed E-state index contributed by atoms with van der Waals surface area (Å²) in [4.78, 5) is 38.4. The lowest BCUT2D eigenvalue weighted by atomic mass is 9.80. The van der Waals surface area contributed by atoms with Gasteiger partial charge in [-0.3, -0.25) is 5.32 Å². The van der Waals surface area contributed by atoms with Crippen molar-refractivity contribution in [2.75, 3.05) is 5.32 Å². The highest BCUT2D eigenvalue weighted by Crippen LogP contribution is 2.55. The highest BCUT2D eigenvalue weighted by molar-refractivity contribution is 7.11. The average Bonchev–Trinajstić information content (AvgIpc) is 3.21. The molecule has 1 amide bonds. The molecular weight excluding hydrogens is 524 g/mol. The van der Waals surface area contributed by atoms with Crippen LogP contribution < -0.4 is 16.1 Å². The molecule has 0 radical (unpaired) electrons. The summed E-state index contributed by atoms with van der Waals surface area (Å²) < 4.78 is 2.45. The Morgan fingerprint density at radius 3 is 2.48 bits per heavy atom. The monoisotopic (exact) mass is 564 g/mol. The summed E-state index contributed by atoms with van der Waals surface area (Å²) in [6.45, 7) is 9.83. The summed E-state index contributed by atoms with van der Waals surface area (Å²) in [5.41, 5.74) is 5.37. The second-order valence-corrected chi connectivity index (χ2v) is 14.1. The van der Waals surface area contributed by atoms with Crippen molar-refractivity contribution in [1.82, 2.24) is 35.3 Å². The number of anilines is 1. The lowest BCUT2D eigenvalue weighted by Crippen LogP contribution is -2.32. The Bertz CT molecular complexity index is 1430. The number of aryl methyl sites for hydroxylation is 2. The maximum absolute atomic E-state index is 11.8. The summed E-state index contributed by atoms with van der Waals surface area (Å²) in [6, 6.07) is 0.280. The van der Waals surface area contributed by atoms with Crippen LogP contribution in [0.3, 0.4) is 0 Å². The van der Waals surface area contributed by atoms with Crippen LogP contribution in [0.4, 0.5) is 10.6 Å². The van der Waals surface area contributed by atoms with Gasteiger partial charge in [-0.15, -0.1) is 16.8 Å². The standard InChI is InChI=1S/C29H40N8O2S/c1-15-8-10-19(11-9-15)14-37-21-23(30-16(2)20-6-5-7-20)32-25(26-35-28(38)39-36-26)33-24(21)34-27(37)29(12-13-29)22-17(3)40-18(4)31-22/h15-16,19-20,26,36H,5-14H2,1-4H3,(H,35,38)(H,30,32,33)/t15?,16-,19?,26?/m1/s1. The molecule has 10 nitrogen and oxygen atoms in total. The van der Waals surface area contributed by atoms with Crippen molar-refractivity contribution in [3.8, 4) is 0 Å². The van der Waals surface area contributed by atoms with Crippen LogP contribution in [0, 0.1) is 31.6 Å². The van der Waals surface area contributed by atoms with E-state index in [-0.39, 0.29) is 11.5 Å². The Kier molecular flexibility index (Phi) is 6.49. The lowest BCUT2D eigenvalue weighted by molar-refractivity contribution is 0.120.